The molecule has 0 atom stereocenters. The molecule has 0 spiro atoms. The topological polar surface area (TPSA) is 42.3 Å². The number of pyridine rings is 1. The average Bonchev–Trinajstić information content (AvgIpc) is 2.58. The number of hydrogen-bond acceptors (Lipinski definition) is 2. The molecule has 1 aliphatic heterocycles. The molecule has 1 aliphatic rings. The molecule has 4 nitrogen and oxygen atoms in total. The summed E-state index contributed by atoms with van der Waals surface area (Å²) in [6.07, 6.45) is 4.72. The molecule has 1 amide bonds. The molecule has 2 aromatic rings. The number of carbonyl (C=O) groups excluding carboxylic acids is 1. The fraction of sp³-hybridized carbons (Fsp3) is 0.368. The van der Waals surface area contributed by atoms with E-state index in [1.165, 1.54) is 10.1 Å². The van der Waals surface area contributed by atoms with Gasteiger partial charge in [0.25, 0.3) is 11.5 Å². The third kappa shape index (κ3) is 3.52. The maximum absolute atomic E-state index is 12.6. The van der Waals surface area contributed by atoms with Crippen molar-refractivity contribution < 1.29 is 4.79 Å². The third-order valence-electron chi connectivity index (χ3n) is 4.62. The van der Waals surface area contributed by atoms with Crippen molar-refractivity contribution in [3.05, 3.63) is 70.1 Å². The van der Waals surface area contributed by atoms with Crippen LogP contribution < -0.4 is 5.56 Å². The van der Waals surface area contributed by atoms with Gasteiger partial charge in [-0.15, -0.1) is 0 Å². The number of piperidine rings is 1. The lowest BCUT2D eigenvalue weighted by molar-refractivity contribution is 0.0688. The fourth-order valence-corrected chi connectivity index (χ4v) is 3.22. The molecule has 1 saturated heterocycles. The molecular formula is C19H22N2O2. The Kier molecular flexibility index (Phi) is 4.60. The summed E-state index contributed by atoms with van der Waals surface area (Å²) in [5.74, 6) is 0.476. The van der Waals surface area contributed by atoms with Crippen molar-refractivity contribution in [3.63, 3.8) is 0 Å². The van der Waals surface area contributed by atoms with Crippen molar-refractivity contribution >= 4 is 5.91 Å². The Balaban J connectivity index is 1.61. The Morgan fingerprint density at radius 2 is 1.78 bits per heavy atom. The van der Waals surface area contributed by atoms with E-state index < -0.39 is 0 Å². The molecule has 1 aromatic heterocycles. The van der Waals surface area contributed by atoms with Crippen LogP contribution in [0.5, 0.6) is 0 Å². The molecule has 23 heavy (non-hydrogen) atoms. The van der Waals surface area contributed by atoms with Gasteiger partial charge in [-0.25, -0.2) is 0 Å². The number of rotatable bonds is 3. The van der Waals surface area contributed by atoms with Gasteiger partial charge >= 0.3 is 0 Å². The van der Waals surface area contributed by atoms with Crippen LogP contribution in [-0.2, 0) is 13.5 Å². The predicted octanol–water partition coefficient (Wildman–Crippen LogP) is 2.48. The van der Waals surface area contributed by atoms with E-state index >= 15 is 0 Å². The van der Waals surface area contributed by atoms with Crippen LogP contribution in [0.2, 0.25) is 0 Å². The molecule has 0 unspecified atom stereocenters. The molecule has 0 aliphatic carbocycles. The van der Waals surface area contributed by atoms with E-state index in [2.05, 4.69) is 24.3 Å². The van der Waals surface area contributed by atoms with E-state index in [9.17, 15) is 9.59 Å². The largest absolute Gasteiger partial charge is 0.338 e. The average molecular weight is 310 g/mol. The number of amides is 1. The van der Waals surface area contributed by atoms with Crippen LogP contribution in [-0.4, -0.2) is 28.5 Å². The predicted molar refractivity (Wildman–Crippen MR) is 90.5 cm³/mol. The van der Waals surface area contributed by atoms with Gasteiger partial charge in [0.2, 0.25) is 0 Å². The number of carbonyl (C=O) groups is 1. The lowest BCUT2D eigenvalue weighted by Gasteiger charge is -2.32. The molecule has 1 aromatic carbocycles. The Labute approximate surface area is 136 Å². The van der Waals surface area contributed by atoms with E-state index in [-0.39, 0.29) is 17.0 Å². The Morgan fingerprint density at radius 1 is 1.09 bits per heavy atom. The normalized spacial score (nSPS) is 15.6. The van der Waals surface area contributed by atoms with Crippen molar-refractivity contribution in [2.24, 2.45) is 13.0 Å². The minimum atomic E-state index is -0.219. The minimum Gasteiger partial charge on any atom is -0.338 e. The number of benzene rings is 1. The highest BCUT2D eigenvalue weighted by molar-refractivity contribution is 5.93. The molecule has 2 heterocycles. The van der Waals surface area contributed by atoms with Gasteiger partial charge in [0, 0.05) is 26.3 Å². The molecule has 0 saturated carbocycles. The summed E-state index contributed by atoms with van der Waals surface area (Å²) in [6.45, 7) is 1.46. The van der Waals surface area contributed by atoms with Crippen molar-refractivity contribution in [2.75, 3.05) is 13.1 Å². The fourth-order valence-electron chi connectivity index (χ4n) is 3.22. The van der Waals surface area contributed by atoms with Gasteiger partial charge in [-0.1, -0.05) is 30.3 Å². The zero-order chi connectivity index (χ0) is 16.2. The molecule has 0 bridgehead atoms. The van der Waals surface area contributed by atoms with Gasteiger partial charge < -0.3 is 9.47 Å². The maximum atomic E-state index is 12.6. The molecule has 120 valence electrons. The summed E-state index contributed by atoms with van der Waals surface area (Å²) >= 11 is 0. The second kappa shape index (κ2) is 6.82. The third-order valence-corrected chi connectivity index (χ3v) is 4.62. The molecular weight excluding hydrogens is 288 g/mol. The minimum absolute atomic E-state index is 0.135. The van der Waals surface area contributed by atoms with Gasteiger partial charge in [-0.3, -0.25) is 9.59 Å². The quantitative estimate of drug-likeness (QED) is 0.874. The first-order chi connectivity index (χ1) is 11.1. The first kappa shape index (κ1) is 15.5. The molecule has 0 radical (unpaired) electrons. The number of aryl methyl sites for hydroxylation is 1. The lowest BCUT2D eigenvalue weighted by atomic mass is 9.90. The van der Waals surface area contributed by atoms with Crippen LogP contribution in [0.1, 0.15) is 28.8 Å². The van der Waals surface area contributed by atoms with E-state index in [4.69, 9.17) is 0 Å². The molecule has 1 fully saturated rings. The molecule has 3 rings (SSSR count). The highest BCUT2D eigenvalue weighted by Gasteiger charge is 2.25. The first-order valence-electron chi connectivity index (χ1n) is 8.14. The maximum Gasteiger partial charge on any atom is 0.263 e. The van der Waals surface area contributed by atoms with E-state index in [0.29, 0.717) is 5.92 Å². The monoisotopic (exact) mass is 310 g/mol. The van der Waals surface area contributed by atoms with Crippen molar-refractivity contribution in [1.29, 1.82) is 0 Å². The van der Waals surface area contributed by atoms with Gasteiger partial charge in [-0.05, 0) is 42.9 Å². The van der Waals surface area contributed by atoms with Crippen LogP contribution in [0, 0.1) is 5.92 Å². The summed E-state index contributed by atoms with van der Waals surface area (Å²) in [5, 5.41) is 0. The standard InChI is InChI=1S/C19H22N2O2/c1-20-11-5-8-17(18(20)22)19(23)21-12-9-16(10-13-21)14-15-6-3-2-4-7-15/h2-8,11,16H,9-10,12-14H2,1H3. The van der Waals surface area contributed by atoms with Crippen LogP contribution in [0.3, 0.4) is 0 Å². The van der Waals surface area contributed by atoms with Gasteiger partial charge in [0.15, 0.2) is 0 Å². The van der Waals surface area contributed by atoms with Gasteiger partial charge in [-0.2, -0.15) is 0 Å². The highest BCUT2D eigenvalue weighted by atomic mass is 16.2. The van der Waals surface area contributed by atoms with E-state index in [1.54, 1.807) is 25.4 Å². The lowest BCUT2D eigenvalue weighted by Crippen LogP contribution is -2.41. The number of aromatic nitrogens is 1. The first-order valence-corrected chi connectivity index (χ1v) is 8.14. The van der Waals surface area contributed by atoms with E-state index in [0.717, 1.165) is 32.4 Å². The van der Waals surface area contributed by atoms with Crippen LogP contribution >= 0.6 is 0 Å². The summed E-state index contributed by atoms with van der Waals surface area (Å²) < 4.78 is 1.45. The highest BCUT2D eigenvalue weighted by Crippen LogP contribution is 2.22. The molecule has 4 heteroatoms. The number of likely N-dealkylation sites (tertiary alicyclic amines) is 1. The second-order valence-electron chi connectivity index (χ2n) is 6.26. The number of nitrogens with zero attached hydrogens (tertiary/aromatic N) is 2. The zero-order valence-corrected chi connectivity index (χ0v) is 13.4. The smallest absolute Gasteiger partial charge is 0.263 e. The van der Waals surface area contributed by atoms with Crippen LogP contribution in [0.4, 0.5) is 0 Å². The van der Waals surface area contributed by atoms with Crippen LogP contribution in [0.15, 0.2) is 53.5 Å². The summed E-state index contributed by atoms with van der Waals surface area (Å²) in [6, 6.07) is 13.9. The van der Waals surface area contributed by atoms with Gasteiger partial charge in [0.1, 0.15) is 5.56 Å². The van der Waals surface area contributed by atoms with Gasteiger partial charge in [0.05, 0.1) is 0 Å². The Hall–Kier alpha value is -2.36. The second-order valence-corrected chi connectivity index (χ2v) is 6.26. The van der Waals surface area contributed by atoms with Crippen molar-refractivity contribution in [3.8, 4) is 0 Å². The summed E-state index contributed by atoms with van der Waals surface area (Å²) in [7, 11) is 1.67. The summed E-state index contributed by atoms with van der Waals surface area (Å²) in [5.41, 5.74) is 1.41. The molecule has 0 N–H and O–H groups in total. The Morgan fingerprint density at radius 3 is 2.48 bits per heavy atom. The SMILES string of the molecule is Cn1cccc(C(=O)N2CCC(Cc3ccccc3)CC2)c1=O. The van der Waals surface area contributed by atoms with E-state index in [1.807, 2.05) is 11.0 Å². The van der Waals surface area contributed by atoms with Crippen molar-refractivity contribution in [2.45, 2.75) is 19.3 Å². The summed E-state index contributed by atoms with van der Waals surface area (Å²) in [4.78, 5) is 26.4. The van der Waals surface area contributed by atoms with Crippen LogP contribution in [0.25, 0.3) is 0 Å². The Bertz CT molecular complexity index is 729. The number of hydrogen-bond donors (Lipinski definition) is 0. The van der Waals surface area contributed by atoms with Crippen molar-refractivity contribution in [1.82, 2.24) is 9.47 Å². The zero-order valence-electron chi connectivity index (χ0n) is 13.4.